The minimum absolute atomic E-state index is 0.224. The van der Waals surface area contributed by atoms with Gasteiger partial charge in [0.2, 0.25) is 0 Å². The molecule has 1 aliphatic carbocycles. The number of benzene rings is 1. The van der Waals surface area contributed by atoms with E-state index >= 15 is 0 Å². The Bertz CT molecular complexity index is 635. The standard InChI is InChI=1S/C17H20N2O2/c20-16(13-6-1-2-7-13)11-18-17(21)15-10-9-12-5-3-4-8-14(12)19-15/h3-5,8-10,13,16,20H,1-2,6-7,11H2,(H,18,21). The lowest BCUT2D eigenvalue weighted by atomic mass is 10.0. The summed E-state index contributed by atoms with van der Waals surface area (Å²) < 4.78 is 0. The zero-order valence-electron chi connectivity index (χ0n) is 12.0. The highest BCUT2D eigenvalue weighted by molar-refractivity contribution is 5.94. The molecule has 1 atom stereocenters. The van der Waals surface area contributed by atoms with Gasteiger partial charge in [0.1, 0.15) is 5.69 Å². The van der Waals surface area contributed by atoms with Crippen LogP contribution in [0.2, 0.25) is 0 Å². The quantitative estimate of drug-likeness (QED) is 0.907. The number of aliphatic hydroxyl groups excluding tert-OH is 1. The van der Waals surface area contributed by atoms with Crippen LogP contribution in [0, 0.1) is 5.92 Å². The molecule has 3 rings (SSSR count). The fraction of sp³-hybridized carbons (Fsp3) is 0.412. The normalized spacial score (nSPS) is 17.0. The summed E-state index contributed by atoms with van der Waals surface area (Å²) in [5, 5.41) is 13.9. The average molecular weight is 284 g/mol. The number of fused-ring (bicyclic) bond motifs is 1. The van der Waals surface area contributed by atoms with Gasteiger partial charge in [0.15, 0.2) is 0 Å². The molecule has 1 aromatic heterocycles. The largest absolute Gasteiger partial charge is 0.391 e. The van der Waals surface area contributed by atoms with Gasteiger partial charge in [-0.25, -0.2) is 4.98 Å². The third-order valence-corrected chi connectivity index (χ3v) is 4.25. The number of aromatic nitrogens is 1. The van der Waals surface area contributed by atoms with Gasteiger partial charge in [0, 0.05) is 11.9 Å². The molecule has 1 fully saturated rings. The Morgan fingerprint density at radius 2 is 2.00 bits per heavy atom. The zero-order valence-corrected chi connectivity index (χ0v) is 12.0. The number of aliphatic hydroxyl groups is 1. The predicted octanol–water partition coefficient (Wildman–Crippen LogP) is 2.52. The molecule has 0 aliphatic heterocycles. The van der Waals surface area contributed by atoms with Gasteiger partial charge in [0.25, 0.3) is 5.91 Å². The lowest BCUT2D eigenvalue weighted by Crippen LogP contribution is -2.35. The molecule has 0 bridgehead atoms. The van der Waals surface area contributed by atoms with Crippen molar-refractivity contribution in [2.24, 2.45) is 5.92 Å². The molecule has 21 heavy (non-hydrogen) atoms. The van der Waals surface area contributed by atoms with Crippen molar-refractivity contribution in [3.63, 3.8) is 0 Å². The Morgan fingerprint density at radius 1 is 1.24 bits per heavy atom. The van der Waals surface area contributed by atoms with Crippen molar-refractivity contribution in [1.82, 2.24) is 10.3 Å². The molecule has 1 unspecified atom stereocenters. The number of carbonyl (C=O) groups excluding carboxylic acids is 1. The van der Waals surface area contributed by atoms with Gasteiger partial charge in [-0.05, 0) is 30.9 Å². The van der Waals surface area contributed by atoms with Crippen LogP contribution in [-0.2, 0) is 0 Å². The molecule has 0 radical (unpaired) electrons. The van der Waals surface area contributed by atoms with Crippen LogP contribution in [0.3, 0.4) is 0 Å². The van der Waals surface area contributed by atoms with Crippen molar-refractivity contribution in [3.8, 4) is 0 Å². The first-order chi connectivity index (χ1) is 10.2. The van der Waals surface area contributed by atoms with E-state index < -0.39 is 6.10 Å². The van der Waals surface area contributed by atoms with Crippen LogP contribution >= 0.6 is 0 Å². The number of carbonyl (C=O) groups is 1. The molecule has 1 saturated carbocycles. The summed E-state index contributed by atoms with van der Waals surface area (Å²) in [6.07, 6.45) is 4.04. The SMILES string of the molecule is O=C(NCC(O)C1CCCC1)c1ccc2ccccc2n1. The Labute approximate surface area is 124 Å². The number of hydrogen-bond donors (Lipinski definition) is 2. The minimum Gasteiger partial charge on any atom is -0.391 e. The van der Waals surface area contributed by atoms with Gasteiger partial charge in [0.05, 0.1) is 11.6 Å². The van der Waals surface area contributed by atoms with Crippen molar-refractivity contribution in [1.29, 1.82) is 0 Å². The zero-order chi connectivity index (χ0) is 14.7. The third-order valence-electron chi connectivity index (χ3n) is 4.25. The van der Waals surface area contributed by atoms with Crippen LogP contribution in [-0.4, -0.2) is 28.6 Å². The molecule has 1 aromatic carbocycles. The maximum absolute atomic E-state index is 12.1. The van der Waals surface area contributed by atoms with Crippen molar-refractivity contribution in [3.05, 3.63) is 42.1 Å². The number of nitrogens with zero attached hydrogens (tertiary/aromatic N) is 1. The summed E-state index contributed by atoms with van der Waals surface area (Å²) in [7, 11) is 0. The molecule has 110 valence electrons. The lowest BCUT2D eigenvalue weighted by molar-refractivity contribution is 0.0837. The van der Waals surface area contributed by atoms with Crippen LogP contribution in [0.4, 0.5) is 0 Å². The summed E-state index contributed by atoms with van der Waals surface area (Å²) in [6.45, 7) is 0.304. The van der Waals surface area contributed by atoms with Gasteiger partial charge in [-0.1, -0.05) is 37.1 Å². The second kappa shape index (κ2) is 6.22. The molecule has 0 spiro atoms. The van der Waals surface area contributed by atoms with E-state index in [-0.39, 0.29) is 5.91 Å². The second-order valence-corrected chi connectivity index (χ2v) is 5.71. The summed E-state index contributed by atoms with van der Waals surface area (Å²) >= 11 is 0. The summed E-state index contributed by atoms with van der Waals surface area (Å²) in [5.74, 6) is 0.104. The highest BCUT2D eigenvalue weighted by Crippen LogP contribution is 2.27. The monoisotopic (exact) mass is 284 g/mol. The fourth-order valence-corrected chi connectivity index (χ4v) is 2.99. The van der Waals surface area contributed by atoms with Crippen molar-refractivity contribution >= 4 is 16.8 Å². The molecule has 1 heterocycles. The highest BCUT2D eigenvalue weighted by atomic mass is 16.3. The van der Waals surface area contributed by atoms with E-state index in [1.807, 2.05) is 30.3 Å². The Kier molecular flexibility index (Phi) is 4.15. The molecule has 2 aromatic rings. The molecule has 1 aliphatic rings. The topological polar surface area (TPSA) is 62.2 Å². The molecule has 4 heteroatoms. The smallest absolute Gasteiger partial charge is 0.269 e. The van der Waals surface area contributed by atoms with E-state index in [1.165, 1.54) is 12.8 Å². The first-order valence-electron chi connectivity index (χ1n) is 7.56. The molecule has 0 saturated heterocycles. The van der Waals surface area contributed by atoms with E-state index in [9.17, 15) is 9.90 Å². The van der Waals surface area contributed by atoms with Gasteiger partial charge in [-0.3, -0.25) is 4.79 Å². The van der Waals surface area contributed by atoms with E-state index in [0.29, 0.717) is 18.2 Å². The maximum atomic E-state index is 12.1. The first-order valence-corrected chi connectivity index (χ1v) is 7.56. The van der Waals surface area contributed by atoms with E-state index in [0.717, 1.165) is 23.7 Å². The number of pyridine rings is 1. The second-order valence-electron chi connectivity index (χ2n) is 5.71. The van der Waals surface area contributed by atoms with Crippen LogP contribution < -0.4 is 5.32 Å². The summed E-state index contributed by atoms with van der Waals surface area (Å²) in [4.78, 5) is 16.5. The van der Waals surface area contributed by atoms with Gasteiger partial charge >= 0.3 is 0 Å². The number of hydrogen-bond acceptors (Lipinski definition) is 3. The molecular formula is C17H20N2O2. The van der Waals surface area contributed by atoms with E-state index in [4.69, 9.17) is 0 Å². The van der Waals surface area contributed by atoms with Crippen LogP contribution in [0.1, 0.15) is 36.2 Å². The number of rotatable bonds is 4. The van der Waals surface area contributed by atoms with E-state index in [1.54, 1.807) is 6.07 Å². The molecule has 4 nitrogen and oxygen atoms in total. The van der Waals surface area contributed by atoms with Crippen LogP contribution in [0.15, 0.2) is 36.4 Å². The minimum atomic E-state index is -0.447. The third kappa shape index (κ3) is 3.22. The van der Waals surface area contributed by atoms with Crippen molar-refractivity contribution in [2.75, 3.05) is 6.54 Å². The highest BCUT2D eigenvalue weighted by Gasteiger charge is 2.23. The molecular weight excluding hydrogens is 264 g/mol. The van der Waals surface area contributed by atoms with Gasteiger partial charge in [-0.15, -0.1) is 0 Å². The first kappa shape index (κ1) is 14.0. The Morgan fingerprint density at radius 3 is 2.81 bits per heavy atom. The van der Waals surface area contributed by atoms with Crippen LogP contribution in [0.25, 0.3) is 10.9 Å². The lowest BCUT2D eigenvalue weighted by Gasteiger charge is -2.17. The summed E-state index contributed by atoms with van der Waals surface area (Å²) in [5.41, 5.74) is 1.20. The van der Waals surface area contributed by atoms with Crippen molar-refractivity contribution in [2.45, 2.75) is 31.8 Å². The number of para-hydroxylation sites is 1. The van der Waals surface area contributed by atoms with Gasteiger partial charge < -0.3 is 10.4 Å². The average Bonchev–Trinajstić information content (AvgIpc) is 3.06. The van der Waals surface area contributed by atoms with E-state index in [2.05, 4.69) is 10.3 Å². The summed E-state index contributed by atoms with van der Waals surface area (Å²) in [6, 6.07) is 11.3. The van der Waals surface area contributed by atoms with Crippen molar-refractivity contribution < 1.29 is 9.90 Å². The maximum Gasteiger partial charge on any atom is 0.269 e. The van der Waals surface area contributed by atoms with Gasteiger partial charge in [-0.2, -0.15) is 0 Å². The predicted molar refractivity (Wildman–Crippen MR) is 82.0 cm³/mol. The van der Waals surface area contributed by atoms with Crippen LogP contribution in [0.5, 0.6) is 0 Å². The molecule has 1 amide bonds. The number of amides is 1. The Balaban J connectivity index is 1.63. The fourth-order valence-electron chi connectivity index (χ4n) is 2.99. The Hall–Kier alpha value is -1.94. The number of nitrogens with one attached hydrogen (secondary N) is 1. The molecule has 2 N–H and O–H groups in total.